The van der Waals surface area contributed by atoms with Gasteiger partial charge >= 0.3 is 0 Å². The van der Waals surface area contributed by atoms with Gasteiger partial charge in [-0.3, -0.25) is 0 Å². The molecular formula is C21H13FNO3-. The molecule has 4 aromatic rings. The van der Waals surface area contributed by atoms with Gasteiger partial charge in [0.05, 0.1) is 17.0 Å². The fourth-order valence-corrected chi connectivity index (χ4v) is 2.92. The molecule has 0 unspecified atom stereocenters. The molecule has 2 aromatic carbocycles. The quantitative estimate of drug-likeness (QED) is 0.563. The minimum Gasteiger partial charge on any atom is -0.545 e. The number of carbonyl (C=O) groups is 1. The largest absolute Gasteiger partial charge is 0.545 e. The van der Waals surface area contributed by atoms with E-state index in [2.05, 4.69) is 4.98 Å². The van der Waals surface area contributed by atoms with Crippen LogP contribution >= 0.6 is 0 Å². The average molecular weight is 346 g/mol. The van der Waals surface area contributed by atoms with E-state index in [0.29, 0.717) is 33.7 Å². The van der Waals surface area contributed by atoms with Gasteiger partial charge in [-0.2, -0.15) is 0 Å². The number of nitrogens with zero attached hydrogens (tertiary/aromatic N) is 1. The Hall–Kier alpha value is -3.47. The molecule has 0 aliphatic heterocycles. The molecule has 0 atom stereocenters. The van der Waals surface area contributed by atoms with Gasteiger partial charge < -0.3 is 14.3 Å². The van der Waals surface area contributed by atoms with Crippen LogP contribution in [0.4, 0.5) is 4.39 Å². The molecule has 0 aliphatic rings. The minimum absolute atomic E-state index is 0.0394. The Bertz CT molecular complexity index is 1150. The van der Waals surface area contributed by atoms with Crippen LogP contribution in [0.25, 0.3) is 33.7 Å². The summed E-state index contributed by atoms with van der Waals surface area (Å²) in [7, 11) is 0. The van der Waals surface area contributed by atoms with Gasteiger partial charge in [0.15, 0.2) is 5.76 Å². The number of benzene rings is 2. The third kappa shape index (κ3) is 2.73. The van der Waals surface area contributed by atoms with Crippen LogP contribution in [-0.4, -0.2) is 11.0 Å². The summed E-state index contributed by atoms with van der Waals surface area (Å²) in [6.07, 6.45) is 0. The van der Waals surface area contributed by atoms with Crippen LogP contribution in [0.3, 0.4) is 0 Å². The fraction of sp³-hybridized carbons (Fsp3) is 0.0476. The van der Waals surface area contributed by atoms with Crippen molar-refractivity contribution in [3.8, 4) is 22.8 Å². The Balaban J connectivity index is 1.86. The maximum atomic E-state index is 13.9. The molecule has 0 amide bonds. The van der Waals surface area contributed by atoms with Gasteiger partial charge in [-0.25, -0.2) is 9.37 Å². The number of halogens is 1. The van der Waals surface area contributed by atoms with Gasteiger partial charge in [0, 0.05) is 10.9 Å². The molecule has 0 saturated carbocycles. The molecule has 26 heavy (non-hydrogen) atoms. The summed E-state index contributed by atoms with van der Waals surface area (Å²) in [5.74, 6) is -0.983. The minimum atomic E-state index is -1.29. The Labute approximate surface area is 148 Å². The summed E-state index contributed by atoms with van der Waals surface area (Å²) < 4.78 is 19.7. The number of hydrogen-bond acceptors (Lipinski definition) is 4. The van der Waals surface area contributed by atoms with E-state index in [0.717, 1.165) is 5.56 Å². The van der Waals surface area contributed by atoms with Crippen molar-refractivity contribution in [1.82, 2.24) is 4.98 Å². The first-order valence-corrected chi connectivity index (χ1v) is 8.01. The fourth-order valence-electron chi connectivity index (χ4n) is 2.92. The number of carbonyl (C=O) groups excluding carboxylic acids is 1. The standard InChI is InChI=1S/C21H14FNO3/c1-12-6-7-17-14(10-12)15(21(24)25)11-18(23-17)20-9-8-19(26-20)13-4-2-3-5-16(13)22/h2-11H,1H3,(H,24,25)/p-1. The van der Waals surface area contributed by atoms with Crippen molar-refractivity contribution >= 4 is 16.9 Å². The normalized spacial score (nSPS) is 11.0. The highest BCUT2D eigenvalue weighted by Gasteiger charge is 2.14. The van der Waals surface area contributed by atoms with E-state index < -0.39 is 11.8 Å². The molecule has 0 radical (unpaired) electrons. The third-order valence-electron chi connectivity index (χ3n) is 4.18. The van der Waals surface area contributed by atoms with Gasteiger partial charge in [0.2, 0.25) is 0 Å². The van der Waals surface area contributed by atoms with Crippen LogP contribution in [0.2, 0.25) is 0 Å². The number of aromatic carboxylic acids is 1. The number of aryl methyl sites for hydroxylation is 1. The molecule has 0 N–H and O–H groups in total. The van der Waals surface area contributed by atoms with Crippen LogP contribution in [0.15, 0.2) is 65.1 Å². The SMILES string of the molecule is Cc1ccc2nc(-c3ccc(-c4ccccc4F)o3)cc(C(=O)[O-])c2c1. The number of aromatic nitrogens is 1. The highest BCUT2D eigenvalue weighted by molar-refractivity contribution is 6.02. The van der Waals surface area contributed by atoms with Gasteiger partial charge in [-0.05, 0) is 49.4 Å². The van der Waals surface area contributed by atoms with Crippen molar-refractivity contribution in [2.75, 3.05) is 0 Å². The van der Waals surface area contributed by atoms with Crippen molar-refractivity contribution in [1.29, 1.82) is 0 Å². The summed E-state index contributed by atoms with van der Waals surface area (Å²) in [5.41, 5.74) is 2.17. The van der Waals surface area contributed by atoms with Gasteiger partial charge in [-0.15, -0.1) is 0 Å². The third-order valence-corrected chi connectivity index (χ3v) is 4.18. The zero-order chi connectivity index (χ0) is 18.3. The second kappa shape index (κ2) is 6.11. The van der Waals surface area contributed by atoms with Crippen LogP contribution in [-0.2, 0) is 0 Å². The second-order valence-electron chi connectivity index (χ2n) is 6.01. The monoisotopic (exact) mass is 346 g/mol. The number of furan rings is 1. The van der Waals surface area contributed by atoms with E-state index >= 15 is 0 Å². The molecule has 4 nitrogen and oxygen atoms in total. The Morgan fingerprint density at radius 1 is 1.04 bits per heavy atom. The molecule has 2 heterocycles. The first-order chi connectivity index (χ1) is 12.5. The zero-order valence-electron chi connectivity index (χ0n) is 13.8. The predicted molar refractivity (Wildman–Crippen MR) is 93.9 cm³/mol. The molecule has 0 fully saturated rings. The van der Waals surface area contributed by atoms with Crippen molar-refractivity contribution in [2.24, 2.45) is 0 Å². The lowest BCUT2D eigenvalue weighted by Gasteiger charge is -2.10. The molecule has 0 aliphatic carbocycles. The van der Waals surface area contributed by atoms with Crippen molar-refractivity contribution < 1.29 is 18.7 Å². The molecule has 128 valence electrons. The first kappa shape index (κ1) is 16.0. The predicted octanol–water partition coefficient (Wildman–Crippen LogP) is 3.97. The smallest absolute Gasteiger partial charge is 0.153 e. The van der Waals surface area contributed by atoms with Crippen LogP contribution in [0, 0.1) is 12.7 Å². The van der Waals surface area contributed by atoms with E-state index in [1.165, 1.54) is 12.1 Å². The maximum Gasteiger partial charge on any atom is 0.153 e. The number of pyridine rings is 1. The van der Waals surface area contributed by atoms with Crippen molar-refractivity contribution in [3.05, 3.63) is 77.6 Å². The van der Waals surface area contributed by atoms with Gasteiger partial charge in [-0.1, -0.05) is 23.8 Å². The average Bonchev–Trinajstić information content (AvgIpc) is 3.11. The molecule has 0 saturated heterocycles. The second-order valence-corrected chi connectivity index (χ2v) is 6.01. The summed E-state index contributed by atoms with van der Waals surface area (Å²) in [6.45, 7) is 1.87. The molecule has 5 heteroatoms. The van der Waals surface area contributed by atoms with E-state index in [1.807, 2.05) is 13.0 Å². The Morgan fingerprint density at radius 2 is 1.81 bits per heavy atom. The first-order valence-electron chi connectivity index (χ1n) is 8.01. The lowest BCUT2D eigenvalue weighted by atomic mass is 10.0. The number of carboxylic acid groups (broad SMARTS) is 1. The molecule has 4 rings (SSSR count). The van der Waals surface area contributed by atoms with E-state index in [-0.39, 0.29) is 5.56 Å². The molecule has 2 aromatic heterocycles. The molecule has 0 spiro atoms. The summed E-state index contributed by atoms with van der Waals surface area (Å²) >= 11 is 0. The highest BCUT2D eigenvalue weighted by Crippen LogP contribution is 2.31. The number of carboxylic acids is 1. The van der Waals surface area contributed by atoms with Crippen molar-refractivity contribution in [3.63, 3.8) is 0 Å². The maximum absolute atomic E-state index is 13.9. The van der Waals surface area contributed by atoms with E-state index in [4.69, 9.17) is 4.42 Å². The summed E-state index contributed by atoms with van der Waals surface area (Å²) in [6, 6.07) is 16.3. The van der Waals surface area contributed by atoms with E-state index in [9.17, 15) is 14.3 Å². The number of rotatable bonds is 3. The number of fused-ring (bicyclic) bond motifs is 1. The zero-order valence-corrected chi connectivity index (χ0v) is 13.8. The Morgan fingerprint density at radius 3 is 2.58 bits per heavy atom. The van der Waals surface area contributed by atoms with E-state index in [1.54, 1.807) is 42.5 Å². The number of hydrogen-bond donors (Lipinski definition) is 0. The summed E-state index contributed by atoms with van der Waals surface area (Å²) in [4.78, 5) is 16.0. The van der Waals surface area contributed by atoms with Gasteiger partial charge in [0.25, 0.3) is 0 Å². The summed E-state index contributed by atoms with van der Waals surface area (Å²) in [5, 5.41) is 12.1. The van der Waals surface area contributed by atoms with Crippen LogP contribution in [0.5, 0.6) is 0 Å². The van der Waals surface area contributed by atoms with Crippen molar-refractivity contribution in [2.45, 2.75) is 6.92 Å². The van der Waals surface area contributed by atoms with Crippen LogP contribution in [0.1, 0.15) is 15.9 Å². The lowest BCUT2D eigenvalue weighted by Crippen LogP contribution is -2.22. The molecular weight excluding hydrogens is 333 g/mol. The van der Waals surface area contributed by atoms with Crippen LogP contribution < -0.4 is 5.11 Å². The highest BCUT2D eigenvalue weighted by atomic mass is 19.1. The molecule has 0 bridgehead atoms. The Kier molecular flexibility index (Phi) is 3.77. The topological polar surface area (TPSA) is 66.2 Å². The van der Waals surface area contributed by atoms with Gasteiger partial charge in [0.1, 0.15) is 17.3 Å². The lowest BCUT2D eigenvalue weighted by molar-refractivity contribution is -0.254.